The van der Waals surface area contributed by atoms with Crippen molar-refractivity contribution in [3.63, 3.8) is 0 Å². The lowest BCUT2D eigenvalue weighted by Gasteiger charge is -2.33. The second-order valence-electron chi connectivity index (χ2n) is 4.37. The fourth-order valence-electron chi connectivity index (χ4n) is 2.94. The Morgan fingerprint density at radius 2 is 2.33 bits per heavy atom. The number of carbonyl (C=O) groups excluding carboxylic acids is 1. The Morgan fingerprint density at radius 3 is 2.75 bits per heavy atom. The van der Waals surface area contributed by atoms with Crippen molar-refractivity contribution in [2.24, 2.45) is 11.8 Å². The molecule has 2 bridgehead atoms. The quantitative estimate of drug-likeness (QED) is 0.558. The van der Waals surface area contributed by atoms with Crippen LogP contribution in [-0.2, 0) is 9.53 Å². The van der Waals surface area contributed by atoms with Gasteiger partial charge in [-0.15, -0.1) is 0 Å². The van der Waals surface area contributed by atoms with Gasteiger partial charge in [0.15, 0.2) is 0 Å². The molecule has 0 heterocycles. The van der Waals surface area contributed by atoms with Gasteiger partial charge in [0.2, 0.25) is 0 Å². The molecule has 2 saturated carbocycles. The van der Waals surface area contributed by atoms with Crippen LogP contribution in [0.1, 0.15) is 32.6 Å². The Labute approximate surface area is 73.3 Å². The smallest absolute Gasteiger partial charge is 0.306 e. The van der Waals surface area contributed by atoms with E-state index in [0.717, 1.165) is 12.3 Å². The predicted molar refractivity (Wildman–Crippen MR) is 45.3 cm³/mol. The van der Waals surface area contributed by atoms with Crippen molar-refractivity contribution in [1.82, 2.24) is 0 Å². The standard InChI is InChI=1S/C10H15O2/c1-7(11)12-10(2)6-8-3-4-9(10)5-8/h8-9H,1,3-6H2,2H3. The van der Waals surface area contributed by atoms with Gasteiger partial charge < -0.3 is 4.74 Å². The third-order valence-corrected chi connectivity index (χ3v) is 3.45. The van der Waals surface area contributed by atoms with Crippen molar-refractivity contribution in [3.8, 4) is 0 Å². The summed E-state index contributed by atoms with van der Waals surface area (Å²) >= 11 is 0. The summed E-state index contributed by atoms with van der Waals surface area (Å²) in [7, 11) is 0. The minimum Gasteiger partial charge on any atom is -0.459 e. The maximum absolute atomic E-state index is 10.7. The van der Waals surface area contributed by atoms with Gasteiger partial charge in [0.25, 0.3) is 0 Å². The molecule has 2 fully saturated rings. The topological polar surface area (TPSA) is 26.3 Å². The maximum atomic E-state index is 10.7. The Hall–Kier alpha value is -0.530. The van der Waals surface area contributed by atoms with Crippen LogP contribution < -0.4 is 0 Å². The zero-order chi connectivity index (χ0) is 8.77. The predicted octanol–water partition coefficient (Wildman–Crippen LogP) is 1.94. The van der Waals surface area contributed by atoms with Crippen molar-refractivity contribution in [2.75, 3.05) is 0 Å². The summed E-state index contributed by atoms with van der Waals surface area (Å²) in [6, 6.07) is 0. The van der Waals surface area contributed by atoms with Crippen LogP contribution in [0.25, 0.3) is 0 Å². The van der Waals surface area contributed by atoms with Crippen LogP contribution in [0, 0.1) is 18.8 Å². The fourth-order valence-corrected chi connectivity index (χ4v) is 2.94. The first-order chi connectivity index (χ1) is 5.60. The molecule has 12 heavy (non-hydrogen) atoms. The van der Waals surface area contributed by atoms with Gasteiger partial charge in [0, 0.05) is 0 Å². The zero-order valence-electron chi connectivity index (χ0n) is 7.51. The molecule has 0 amide bonds. The second-order valence-corrected chi connectivity index (χ2v) is 4.37. The summed E-state index contributed by atoms with van der Waals surface area (Å²) < 4.78 is 5.28. The van der Waals surface area contributed by atoms with E-state index < -0.39 is 0 Å². The Balaban J connectivity index is 2.07. The average molecular weight is 167 g/mol. The first kappa shape index (κ1) is 8.09. The number of hydrogen-bond donors (Lipinski definition) is 0. The molecule has 67 valence electrons. The molecular weight excluding hydrogens is 152 g/mol. The minimum atomic E-state index is -0.370. The summed E-state index contributed by atoms with van der Waals surface area (Å²) in [6.07, 6.45) is 4.87. The van der Waals surface area contributed by atoms with Gasteiger partial charge >= 0.3 is 5.97 Å². The number of esters is 1. The largest absolute Gasteiger partial charge is 0.459 e. The van der Waals surface area contributed by atoms with Crippen LogP contribution >= 0.6 is 0 Å². The molecule has 0 aliphatic heterocycles. The van der Waals surface area contributed by atoms with E-state index in [-0.39, 0.29) is 11.6 Å². The van der Waals surface area contributed by atoms with Crippen LogP contribution in [0.3, 0.4) is 0 Å². The molecule has 0 aromatic carbocycles. The molecule has 2 nitrogen and oxygen atoms in total. The van der Waals surface area contributed by atoms with Gasteiger partial charge in [-0.3, -0.25) is 4.79 Å². The maximum Gasteiger partial charge on any atom is 0.306 e. The van der Waals surface area contributed by atoms with Crippen molar-refractivity contribution in [1.29, 1.82) is 0 Å². The van der Waals surface area contributed by atoms with Crippen molar-refractivity contribution >= 4 is 5.97 Å². The molecule has 2 aliphatic rings. The van der Waals surface area contributed by atoms with Gasteiger partial charge in [0.05, 0.1) is 6.92 Å². The summed E-state index contributed by atoms with van der Waals surface area (Å²) in [6.45, 7) is 5.33. The summed E-state index contributed by atoms with van der Waals surface area (Å²) in [5, 5.41) is 0. The van der Waals surface area contributed by atoms with Crippen LogP contribution in [0.2, 0.25) is 0 Å². The lowest BCUT2D eigenvalue weighted by atomic mass is 9.86. The van der Waals surface area contributed by atoms with Gasteiger partial charge in [-0.25, -0.2) is 0 Å². The Bertz CT molecular complexity index is 212. The summed E-state index contributed by atoms with van der Waals surface area (Å²) in [5.41, 5.74) is -0.179. The molecule has 3 unspecified atom stereocenters. The van der Waals surface area contributed by atoms with Crippen LogP contribution in [0.4, 0.5) is 0 Å². The zero-order valence-corrected chi connectivity index (χ0v) is 7.51. The Kier molecular flexibility index (Phi) is 1.67. The van der Waals surface area contributed by atoms with Crippen LogP contribution in [0.15, 0.2) is 0 Å². The number of hydrogen-bond acceptors (Lipinski definition) is 2. The van der Waals surface area contributed by atoms with Gasteiger partial charge in [-0.2, -0.15) is 0 Å². The Morgan fingerprint density at radius 1 is 1.58 bits per heavy atom. The van der Waals surface area contributed by atoms with E-state index in [9.17, 15) is 4.79 Å². The molecule has 1 radical (unpaired) electrons. The molecule has 3 atom stereocenters. The van der Waals surface area contributed by atoms with E-state index in [4.69, 9.17) is 4.74 Å². The average Bonchev–Trinajstić information content (AvgIpc) is 2.42. The highest BCUT2D eigenvalue weighted by Crippen LogP contribution is 2.52. The highest BCUT2D eigenvalue weighted by molar-refractivity contribution is 5.74. The van der Waals surface area contributed by atoms with Crippen molar-refractivity contribution < 1.29 is 9.53 Å². The van der Waals surface area contributed by atoms with Crippen molar-refractivity contribution in [3.05, 3.63) is 6.92 Å². The molecular formula is C10H15O2. The van der Waals surface area contributed by atoms with E-state index in [0.29, 0.717) is 5.92 Å². The third kappa shape index (κ3) is 1.13. The van der Waals surface area contributed by atoms with Crippen molar-refractivity contribution in [2.45, 2.75) is 38.2 Å². The first-order valence-electron chi connectivity index (χ1n) is 4.65. The van der Waals surface area contributed by atoms with Gasteiger partial charge in [-0.05, 0) is 44.4 Å². The molecule has 0 aromatic heterocycles. The number of ether oxygens (including phenoxy) is 1. The lowest BCUT2D eigenvalue weighted by Crippen LogP contribution is -2.36. The molecule has 0 aromatic rings. The monoisotopic (exact) mass is 167 g/mol. The second kappa shape index (κ2) is 2.48. The molecule has 0 saturated heterocycles. The number of rotatable bonds is 1. The molecule has 2 heteroatoms. The van der Waals surface area contributed by atoms with E-state index in [1.54, 1.807) is 0 Å². The normalized spacial score (nSPS) is 44.8. The van der Waals surface area contributed by atoms with E-state index in [1.165, 1.54) is 19.3 Å². The van der Waals surface area contributed by atoms with Crippen LogP contribution in [-0.4, -0.2) is 11.6 Å². The number of carbonyl (C=O) groups is 1. The summed E-state index contributed by atoms with van der Waals surface area (Å²) in [4.78, 5) is 10.7. The van der Waals surface area contributed by atoms with Crippen LogP contribution in [0.5, 0.6) is 0 Å². The highest BCUT2D eigenvalue weighted by atomic mass is 16.6. The first-order valence-corrected chi connectivity index (χ1v) is 4.65. The molecule has 2 rings (SSSR count). The summed E-state index contributed by atoms with van der Waals surface area (Å²) in [5.74, 6) is 1.04. The molecule has 0 spiro atoms. The molecule has 0 N–H and O–H groups in total. The third-order valence-electron chi connectivity index (χ3n) is 3.45. The van der Waals surface area contributed by atoms with Gasteiger partial charge in [-0.1, -0.05) is 0 Å². The van der Waals surface area contributed by atoms with E-state index >= 15 is 0 Å². The lowest BCUT2D eigenvalue weighted by molar-refractivity contribution is -0.157. The van der Waals surface area contributed by atoms with Gasteiger partial charge in [0.1, 0.15) is 5.60 Å². The fraction of sp³-hybridized carbons (Fsp3) is 0.800. The van der Waals surface area contributed by atoms with E-state index in [1.807, 2.05) is 0 Å². The molecule has 2 aliphatic carbocycles. The highest BCUT2D eigenvalue weighted by Gasteiger charge is 2.50. The SMILES string of the molecule is [CH2]C(=O)OC1(C)CC2CCC1C2. The number of fused-ring (bicyclic) bond motifs is 2. The van der Waals surface area contributed by atoms with E-state index in [2.05, 4.69) is 13.8 Å². The minimum absolute atomic E-state index is 0.179.